The number of amides is 3. The molecule has 2 unspecified atom stereocenters. The van der Waals surface area contributed by atoms with Gasteiger partial charge in [0.15, 0.2) is 0 Å². The number of nitrogens with one attached hydrogen (secondary N) is 2. The molecule has 2 saturated heterocycles. The number of thiazole rings is 1. The summed E-state index contributed by atoms with van der Waals surface area (Å²) in [6.45, 7) is 12.1. The van der Waals surface area contributed by atoms with E-state index < -0.39 is 23.5 Å². The Morgan fingerprint density at radius 3 is 2.43 bits per heavy atom. The molecule has 1 aromatic carbocycles. The van der Waals surface area contributed by atoms with Gasteiger partial charge in [0, 0.05) is 26.1 Å². The molecule has 2 aromatic rings. The lowest BCUT2D eigenvalue weighted by Gasteiger charge is -2.35. The van der Waals surface area contributed by atoms with Gasteiger partial charge in [0.05, 0.1) is 35.3 Å². The van der Waals surface area contributed by atoms with Crippen LogP contribution in [0.3, 0.4) is 0 Å². The van der Waals surface area contributed by atoms with Crippen LogP contribution in [-0.4, -0.2) is 95.7 Å². The predicted octanol–water partition coefficient (Wildman–Crippen LogP) is 3.68. The van der Waals surface area contributed by atoms with E-state index in [1.165, 1.54) is 12.8 Å². The van der Waals surface area contributed by atoms with Crippen LogP contribution in [0.5, 0.6) is 0 Å². The summed E-state index contributed by atoms with van der Waals surface area (Å²) in [5, 5.41) is 16.0. The van der Waals surface area contributed by atoms with E-state index in [0.717, 1.165) is 47.8 Å². The number of aliphatic hydroxyl groups is 1. The first kappa shape index (κ1) is 34.0. The minimum Gasteiger partial charge on any atom is -0.394 e. The Bertz CT molecular complexity index is 1240. The number of hydrogen-bond donors (Lipinski definition) is 3. The van der Waals surface area contributed by atoms with Crippen molar-refractivity contribution in [1.29, 1.82) is 0 Å². The van der Waals surface area contributed by atoms with Crippen molar-refractivity contribution in [1.82, 2.24) is 25.4 Å². The summed E-state index contributed by atoms with van der Waals surface area (Å²) < 4.78 is 5.70. The molecule has 3 atom stereocenters. The molecule has 2 aliphatic rings. The third kappa shape index (κ3) is 9.09. The molecule has 11 heteroatoms. The highest BCUT2D eigenvalue weighted by molar-refractivity contribution is 7.13. The molecule has 4 rings (SSSR count). The van der Waals surface area contributed by atoms with Crippen LogP contribution in [0.2, 0.25) is 0 Å². The van der Waals surface area contributed by atoms with E-state index in [1.807, 2.05) is 57.5 Å². The number of nitrogens with zero attached hydrogens (tertiary/aromatic N) is 3. The van der Waals surface area contributed by atoms with Gasteiger partial charge in [-0.25, -0.2) is 4.98 Å². The summed E-state index contributed by atoms with van der Waals surface area (Å²) >= 11 is 1.57. The maximum Gasteiger partial charge on any atom is 0.246 e. The monoisotopic (exact) mass is 627 g/mol. The number of carbonyl (C=O) groups excluding carboxylic acids is 3. The van der Waals surface area contributed by atoms with E-state index in [2.05, 4.69) is 20.5 Å². The van der Waals surface area contributed by atoms with Crippen LogP contribution in [0.1, 0.15) is 76.6 Å². The molecule has 3 heterocycles. The van der Waals surface area contributed by atoms with Crippen LogP contribution in [0.4, 0.5) is 0 Å². The van der Waals surface area contributed by atoms with Gasteiger partial charge in [0.1, 0.15) is 12.1 Å². The summed E-state index contributed by atoms with van der Waals surface area (Å²) in [5.74, 6) is -0.811. The molecule has 1 aromatic heterocycles. The smallest absolute Gasteiger partial charge is 0.246 e. The van der Waals surface area contributed by atoms with Crippen molar-refractivity contribution >= 4 is 29.1 Å². The van der Waals surface area contributed by atoms with Crippen LogP contribution in [0, 0.1) is 12.3 Å². The SMILES string of the molecule is Cc1ncsc1-c1ccc(C(CO)NC(=O)C2CCCN2C(=O)[C@@H](NC(=O)CCOCCCN2CCCC2)C(C)(C)C)cc1. The van der Waals surface area contributed by atoms with E-state index >= 15 is 0 Å². The second kappa shape index (κ2) is 15.9. The number of carbonyl (C=O) groups is 3. The van der Waals surface area contributed by atoms with Crippen molar-refractivity contribution in [2.24, 2.45) is 5.41 Å². The molecule has 0 radical (unpaired) electrons. The number of aryl methyl sites for hydroxylation is 1. The molecule has 3 amide bonds. The largest absolute Gasteiger partial charge is 0.394 e. The second-order valence-corrected chi connectivity index (χ2v) is 13.8. The molecule has 0 bridgehead atoms. The lowest BCUT2D eigenvalue weighted by Crippen LogP contribution is -2.58. The Labute approximate surface area is 265 Å². The van der Waals surface area contributed by atoms with Gasteiger partial charge in [0.2, 0.25) is 17.7 Å². The molecule has 242 valence electrons. The highest BCUT2D eigenvalue weighted by Crippen LogP contribution is 2.29. The van der Waals surface area contributed by atoms with Crippen LogP contribution in [0.15, 0.2) is 29.8 Å². The Morgan fingerprint density at radius 2 is 1.80 bits per heavy atom. The van der Waals surface area contributed by atoms with Gasteiger partial charge in [-0.15, -0.1) is 11.3 Å². The molecule has 0 aliphatic carbocycles. The molecule has 10 nitrogen and oxygen atoms in total. The van der Waals surface area contributed by atoms with E-state index in [9.17, 15) is 19.5 Å². The zero-order valence-electron chi connectivity index (χ0n) is 26.6. The third-order valence-electron chi connectivity index (χ3n) is 8.51. The number of likely N-dealkylation sites (tertiary alicyclic amines) is 2. The van der Waals surface area contributed by atoms with Gasteiger partial charge in [-0.3, -0.25) is 14.4 Å². The average molecular weight is 628 g/mol. The zero-order chi connectivity index (χ0) is 31.7. The molecular weight excluding hydrogens is 578 g/mol. The molecule has 2 fully saturated rings. The van der Waals surface area contributed by atoms with Crippen molar-refractivity contribution < 1.29 is 24.2 Å². The van der Waals surface area contributed by atoms with Crippen LogP contribution < -0.4 is 10.6 Å². The van der Waals surface area contributed by atoms with E-state index in [0.29, 0.717) is 32.6 Å². The number of hydrogen-bond acceptors (Lipinski definition) is 8. The van der Waals surface area contributed by atoms with E-state index in [-0.39, 0.29) is 30.7 Å². The summed E-state index contributed by atoms with van der Waals surface area (Å²) in [6.07, 6.45) is 4.86. The minimum absolute atomic E-state index is 0.174. The number of aromatic nitrogens is 1. The van der Waals surface area contributed by atoms with Gasteiger partial charge in [-0.2, -0.15) is 0 Å². The zero-order valence-corrected chi connectivity index (χ0v) is 27.5. The minimum atomic E-state index is -0.782. The first-order valence-electron chi connectivity index (χ1n) is 15.9. The number of ether oxygens (including phenoxy) is 1. The number of benzene rings is 1. The highest BCUT2D eigenvalue weighted by Gasteiger charge is 2.42. The quantitative estimate of drug-likeness (QED) is 0.273. The molecule has 44 heavy (non-hydrogen) atoms. The van der Waals surface area contributed by atoms with Gasteiger partial charge in [-0.05, 0) is 68.7 Å². The number of aliphatic hydroxyl groups excluding tert-OH is 1. The first-order valence-corrected chi connectivity index (χ1v) is 16.8. The van der Waals surface area contributed by atoms with E-state index in [1.54, 1.807) is 16.2 Å². The Morgan fingerprint density at radius 1 is 1.07 bits per heavy atom. The van der Waals surface area contributed by atoms with Crippen LogP contribution >= 0.6 is 11.3 Å². The van der Waals surface area contributed by atoms with Gasteiger partial charge < -0.3 is 30.3 Å². The molecule has 0 saturated carbocycles. The van der Waals surface area contributed by atoms with Crippen molar-refractivity contribution in [2.75, 3.05) is 46.0 Å². The Balaban J connectivity index is 1.30. The van der Waals surface area contributed by atoms with Gasteiger partial charge >= 0.3 is 0 Å². The summed E-state index contributed by atoms with van der Waals surface area (Å²) in [5.41, 5.74) is 4.02. The average Bonchev–Trinajstić information content (AvgIpc) is 3.78. The summed E-state index contributed by atoms with van der Waals surface area (Å²) in [4.78, 5) is 49.6. The topological polar surface area (TPSA) is 124 Å². The van der Waals surface area contributed by atoms with Gasteiger partial charge in [-0.1, -0.05) is 45.0 Å². The standard InChI is InChI=1S/C33H49N5O5S/c1-23-29(44-22-34-23)25-12-10-24(11-13-25)26(21-39)35-31(41)27-9-7-18-38(27)32(42)30(33(2,3)4)36-28(40)14-20-43-19-8-17-37-15-5-6-16-37/h10-13,22,26-27,30,39H,5-9,14-21H2,1-4H3,(H,35,41)(H,36,40)/t26?,27?,30-/m1/s1. The lowest BCUT2D eigenvalue weighted by atomic mass is 9.85. The summed E-state index contributed by atoms with van der Waals surface area (Å²) in [6, 6.07) is 5.67. The number of rotatable bonds is 14. The fraction of sp³-hybridized carbons (Fsp3) is 0.636. The van der Waals surface area contributed by atoms with Crippen molar-refractivity contribution in [3.05, 3.63) is 41.0 Å². The molecular formula is C33H49N5O5S. The molecule has 3 N–H and O–H groups in total. The van der Waals surface area contributed by atoms with Crippen LogP contribution in [0.25, 0.3) is 10.4 Å². The first-order chi connectivity index (χ1) is 21.1. The second-order valence-electron chi connectivity index (χ2n) is 13.0. The van der Waals surface area contributed by atoms with Crippen molar-refractivity contribution in [3.63, 3.8) is 0 Å². The van der Waals surface area contributed by atoms with Crippen LogP contribution in [-0.2, 0) is 19.1 Å². The maximum atomic E-state index is 13.8. The van der Waals surface area contributed by atoms with E-state index in [4.69, 9.17) is 4.74 Å². The normalized spacial score (nSPS) is 18.8. The fourth-order valence-electron chi connectivity index (χ4n) is 5.96. The summed E-state index contributed by atoms with van der Waals surface area (Å²) in [7, 11) is 0. The Hall–Kier alpha value is -2.86. The van der Waals surface area contributed by atoms with Gasteiger partial charge in [0.25, 0.3) is 0 Å². The fourth-order valence-corrected chi connectivity index (χ4v) is 6.77. The Kier molecular flexibility index (Phi) is 12.3. The molecule has 0 spiro atoms. The van der Waals surface area contributed by atoms with Crippen molar-refractivity contribution in [2.45, 2.75) is 84.3 Å². The molecule has 2 aliphatic heterocycles. The lowest BCUT2D eigenvalue weighted by molar-refractivity contribution is -0.144. The predicted molar refractivity (Wildman–Crippen MR) is 172 cm³/mol. The van der Waals surface area contributed by atoms with Crippen molar-refractivity contribution in [3.8, 4) is 10.4 Å². The third-order valence-corrected chi connectivity index (χ3v) is 9.49. The highest BCUT2D eigenvalue weighted by atomic mass is 32.1. The maximum absolute atomic E-state index is 13.8.